The summed E-state index contributed by atoms with van der Waals surface area (Å²) in [6.45, 7) is 5.51. The molecule has 2 aliphatic heterocycles. The quantitative estimate of drug-likeness (QED) is 0.792. The molecule has 0 aromatic rings. The highest BCUT2D eigenvalue weighted by Gasteiger charge is 2.59. The van der Waals surface area contributed by atoms with Crippen LogP contribution in [-0.4, -0.2) is 53.6 Å². The van der Waals surface area contributed by atoms with Gasteiger partial charge >= 0.3 is 6.18 Å². The summed E-state index contributed by atoms with van der Waals surface area (Å²) in [6, 6.07) is 0. The number of carbonyl (C=O) groups is 1. The predicted octanol–water partition coefficient (Wildman–Crippen LogP) is 3.44. The Balaban J connectivity index is 2.08. The monoisotopic (exact) mass is 320 g/mol. The highest BCUT2D eigenvalue weighted by molar-refractivity contribution is 5.78. The Kier molecular flexibility index (Phi) is 5.41. The van der Waals surface area contributed by atoms with Gasteiger partial charge in [0.2, 0.25) is 5.91 Å². The molecule has 1 amide bonds. The van der Waals surface area contributed by atoms with E-state index in [2.05, 4.69) is 6.92 Å². The summed E-state index contributed by atoms with van der Waals surface area (Å²) in [6.07, 6.45) is -1.03. The number of carbonyl (C=O) groups excluding carboxylic acids is 1. The molecule has 2 heterocycles. The minimum absolute atomic E-state index is 0.0835. The van der Waals surface area contributed by atoms with Crippen molar-refractivity contribution in [3.8, 4) is 0 Å². The van der Waals surface area contributed by atoms with Crippen molar-refractivity contribution < 1.29 is 18.0 Å². The highest BCUT2D eigenvalue weighted by atomic mass is 19.4. The second-order valence-electron chi connectivity index (χ2n) is 6.89. The Labute approximate surface area is 130 Å². The van der Waals surface area contributed by atoms with Gasteiger partial charge in [-0.2, -0.15) is 13.2 Å². The first-order chi connectivity index (χ1) is 10.3. The summed E-state index contributed by atoms with van der Waals surface area (Å²) in [5.41, 5.74) is -1.79. The van der Waals surface area contributed by atoms with Gasteiger partial charge in [0.25, 0.3) is 0 Å². The molecule has 2 aliphatic rings. The maximum atomic E-state index is 13.6. The number of halogens is 3. The van der Waals surface area contributed by atoms with Crippen molar-refractivity contribution in [2.24, 2.45) is 5.92 Å². The number of hydrogen-bond donors (Lipinski definition) is 0. The Morgan fingerprint density at radius 2 is 2.00 bits per heavy atom. The lowest BCUT2D eigenvalue weighted by Crippen LogP contribution is -2.58. The molecule has 0 aromatic carbocycles. The van der Waals surface area contributed by atoms with Crippen LogP contribution in [-0.2, 0) is 4.79 Å². The Morgan fingerprint density at radius 1 is 1.27 bits per heavy atom. The van der Waals surface area contributed by atoms with Gasteiger partial charge in [-0.3, -0.25) is 9.69 Å². The standard InChI is InChI=1S/C16H27F3N2O/c1-3-7-15(16(17,18)19)8-5-10-21(15)12-14(22)20-9-4-6-13(2)11-20/h13H,3-12H2,1-2H3/t13-,15+/m1/s1. The Bertz CT molecular complexity index is 399. The summed E-state index contributed by atoms with van der Waals surface area (Å²) in [7, 11) is 0. The van der Waals surface area contributed by atoms with Crippen LogP contribution >= 0.6 is 0 Å². The lowest BCUT2D eigenvalue weighted by atomic mass is 9.89. The molecule has 0 saturated carbocycles. The summed E-state index contributed by atoms with van der Waals surface area (Å²) in [5.74, 6) is 0.303. The van der Waals surface area contributed by atoms with Crippen molar-refractivity contribution in [3.63, 3.8) is 0 Å². The molecule has 0 N–H and O–H groups in total. The molecule has 2 saturated heterocycles. The number of nitrogens with zero attached hydrogens (tertiary/aromatic N) is 2. The van der Waals surface area contributed by atoms with E-state index in [4.69, 9.17) is 0 Å². The van der Waals surface area contributed by atoms with Gasteiger partial charge in [-0.15, -0.1) is 0 Å². The zero-order valence-electron chi connectivity index (χ0n) is 13.6. The lowest BCUT2D eigenvalue weighted by molar-refractivity contribution is -0.226. The SMILES string of the molecule is CCC[C@@]1(C(F)(F)F)CCCN1CC(=O)N1CCC[C@@H](C)C1. The van der Waals surface area contributed by atoms with E-state index in [0.717, 1.165) is 12.8 Å². The van der Waals surface area contributed by atoms with Crippen LogP contribution in [0.25, 0.3) is 0 Å². The fourth-order valence-corrected chi connectivity index (χ4v) is 4.00. The molecule has 6 heteroatoms. The van der Waals surface area contributed by atoms with E-state index >= 15 is 0 Å². The molecule has 0 unspecified atom stereocenters. The molecule has 2 atom stereocenters. The van der Waals surface area contributed by atoms with Crippen LogP contribution in [0.1, 0.15) is 52.4 Å². The second-order valence-corrected chi connectivity index (χ2v) is 6.89. The fourth-order valence-electron chi connectivity index (χ4n) is 4.00. The molecule has 0 spiro atoms. The first-order valence-corrected chi connectivity index (χ1v) is 8.39. The van der Waals surface area contributed by atoms with Crippen molar-refractivity contribution in [2.45, 2.75) is 64.1 Å². The van der Waals surface area contributed by atoms with Gasteiger partial charge in [-0.25, -0.2) is 0 Å². The van der Waals surface area contributed by atoms with Gasteiger partial charge in [0.05, 0.1) is 6.54 Å². The van der Waals surface area contributed by atoms with Crippen molar-refractivity contribution in [1.82, 2.24) is 9.80 Å². The van der Waals surface area contributed by atoms with Gasteiger partial charge in [0, 0.05) is 13.1 Å². The number of likely N-dealkylation sites (tertiary alicyclic amines) is 2. The molecule has 22 heavy (non-hydrogen) atoms. The first kappa shape index (κ1) is 17.6. The van der Waals surface area contributed by atoms with Crippen LogP contribution in [0.2, 0.25) is 0 Å². The van der Waals surface area contributed by atoms with Crippen LogP contribution in [0.15, 0.2) is 0 Å². The average molecular weight is 320 g/mol. The largest absolute Gasteiger partial charge is 0.406 e. The number of amides is 1. The summed E-state index contributed by atoms with van der Waals surface area (Å²) in [5, 5.41) is 0. The van der Waals surface area contributed by atoms with Crippen molar-refractivity contribution in [2.75, 3.05) is 26.2 Å². The van der Waals surface area contributed by atoms with E-state index in [1.807, 2.05) is 0 Å². The molecule has 0 aliphatic carbocycles. The van der Waals surface area contributed by atoms with E-state index in [1.165, 1.54) is 4.90 Å². The summed E-state index contributed by atoms with van der Waals surface area (Å²) >= 11 is 0. The van der Waals surface area contributed by atoms with Gasteiger partial charge in [0.1, 0.15) is 5.54 Å². The van der Waals surface area contributed by atoms with Crippen molar-refractivity contribution in [3.05, 3.63) is 0 Å². The van der Waals surface area contributed by atoms with E-state index in [9.17, 15) is 18.0 Å². The maximum absolute atomic E-state index is 13.6. The van der Waals surface area contributed by atoms with E-state index in [0.29, 0.717) is 38.4 Å². The molecule has 128 valence electrons. The first-order valence-electron chi connectivity index (χ1n) is 8.39. The van der Waals surface area contributed by atoms with Gasteiger partial charge in [-0.1, -0.05) is 20.3 Å². The van der Waals surface area contributed by atoms with Crippen LogP contribution in [0.4, 0.5) is 13.2 Å². The van der Waals surface area contributed by atoms with Crippen molar-refractivity contribution >= 4 is 5.91 Å². The third-order valence-corrected chi connectivity index (χ3v) is 5.15. The minimum Gasteiger partial charge on any atom is -0.341 e. The van der Waals surface area contributed by atoms with Gasteiger partial charge < -0.3 is 4.90 Å². The number of piperidine rings is 1. The molecular formula is C16H27F3N2O. The highest BCUT2D eigenvalue weighted by Crippen LogP contribution is 2.46. The Hall–Kier alpha value is -0.780. The van der Waals surface area contributed by atoms with E-state index in [-0.39, 0.29) is 25.3 Å². The van der Waals surface area contributed by atoms with Crippen LogP contribution < -0.4 is 0 Å². The topological polar surface area (TPSA) is 23.6 Å². The average Bonchev–Trinajstić information content (AvgIpc) is 2.83. The van der Waals surface area contributed by atoms with E-state index in [1.54, 1.807) is 11.8 Å². The predicted molar refractivity (Wildman–Crippen MR) is 79.5 cm³/mol. The molecular weight excluding hydrogens is 293 g/mol. The maximum Gasteiger partial charge on any atom is 0.406 e. The van der Waals surface area contributed by atoms with E-state index < -0.39 is 11.7 Å². The third-order valence-electron chi connectivity index (χ3n) is 5.15. The molecule has 0 bridgehead atoms. The number of rotatable bonds is 4. The minimum atomic E-state index is -4.27. The van der Waals surface area contributed by atoms with Crippen LogP contribution in [0.3, 0.4) is 0 Å². The molecule has 2 rings (SSSR count). The molecule has 0 aromatic heterocycles. The second kappa shape index (κ2) is 6.77. The van der Waals surface area contributed by atoms with Crippen LogP contribution in [0, 0.1) is 5.92 Å². The van der Waals surface area contributed by atoms with Crippen LogP contribution in [0.5, 0.6) is 0 Å². The summed E-state index contributed by atoms with van der Waals surface area (Å²) < 4.78 is 40.9. The molecule has 0 radical (unpaired) electrons. The molecule has 3 nitrogen and oxygen atoms in total. The number of alkyl halides is 3. The van der Waals surface area contributed by atoms with Gasteiger partial charge in [-0.05, 0) is 44.6 Å². The molecule has 2 fully saturated rings. The smallest absolute Gasteiger partial charge is 0.341 e. The Morgan fingerprint density at radius 3 is 2.59 bits per heavy atom. The third kappa shape index (κ3) is 3.42. The number of hydrogen-bond acceptors (Lipinski definition) is 2. The van der Waals surface area contributed by atoms with Gasteiger partial charge in [0.15, 0.2) is 0 Å². The van der Waals surface area contributed by atoms with Crippen molar-refractivity contribution in [1.29, 1.82) is 0 Å². The lowest BCUT2D eigenvalue weighted by Gasteiger charge is -2.41. The zero-order valence-corrected chi connectivity index (χ0v) is 13.6. The zero-order chi connectivity index (χ0) is 16.4. The normalized spacial score (nSPS) is 30.8. The summed E-state index contributed by atoms with van der Waals surface area (Å²) in [4.78, 5) is 15.6. The fraction of sp³-hybridized carbons (Fsp3) is 0.938.